The summed E-state index contributed by atoms with van der Waals surface area (Å²) in [5.41, 5.74) is -0.359. The molecule has 2 nitrogen and oxygen atoms in total. The zero-order chi connectivity index (χ0) is 13.8. The topological polar surface area (TPSA) is 29.1 Å². The number of carbonyl (C=O) groups excluding carboxylic acids is 1. The third-order valence-corrected chi connectivity index (χ3v) is 3.51. The molecule has 0 aliphatic carbocycles. The molecule has 1 unspecified atom stereocenters. The van der Waals surface area contributed by atoms with Crippen LogP contribution in [0, 0.1) is 23.4 Å². The zero-order valence-electron chi connectivity index (χ0n) is 10.5. The van der Waals surface area contributed by atoms with Gasteiger partial charge in [-0.2, -0.15) is 0 Å². The molecule has 5 heteroatoms. The first-order valence-corrected chi connectivity index (χ1v) is 6.47. The van der Waals surface area contributed by atoms with Crippen LogP contribution >= 0.6 is 0 Å². The highest BCUT2D eigenvalue weighted by atomic mass is 19.2. The van der Waals surface area contributed by atoms with Crippen molar-refractivity contribution in [1.82, 2.24) is 5.32 Å². The van der Waals surface area contributed by atoms with Crippen molar-refractivity contribution in [1.29, 1.82) is 0 Å². The molecule has 1 aromatic rings. The lowest BCUT2D eigenvalue weighted by atomic mass is 9.92. The van der Waals surface area contributed by atoms with E-state index in [-0.39, 0.29) is 12.0 Å². The lowest BCUT2D eigenvalue weighted by Crippen LogP contribution is -2.30. The van der Waals surface area contributed by atoms with E-state index >= 15 is 0 Å². The lowest BCUT2D eigenvalue weighted by molar-refractivity contribution is 0.0966. The van der Waals surface area contributed by atoms with Gasteiger partial charge in [-0.15, -0.1) is 0 Å². The molecule has 0 amide bonds. The molecule has 1 heterocycles. The van der Waals surface area contributed by atoms with Crippen molar-refractivity contribution < 1.29 is 18.0 Å². The Morgan fingerprint density at radius 3 is 2.74 bits per heavy atom. The maximum Gasteiger partial charge on any atom is 0.195 e. The molecule has 1 atom stereocenters. The average molecular weight is 271 g/mol. The van der Waals surface area contributed by atoms with E-state index in [4.69, 9.17) is 0 Å². The molecule has 1 aliphatic heterocycles. The Kier molecular flexibility index (Phi) is 4.58. The van der Waals surface area contributed by atoms with Gasteiger partial charge in [0.05, 0.1) is 5.56 Å². The van der Waals surface area contributed by atoms with Crippen LogP contribution in [0.25, 0.3) is 0 Å². The minimum atomic E-state index is -1.58. The number of halogens is 3. The number of rotatable bonds is 4. The van der Waals surface area contributed by atoms with E-state index in [9.17, 15) is 18.0 Å². The zero-order valence-corrected chi connectivity index (χ0v) is 10.5. The van der Waals surface area contributed by atoms with Crippen LogP contribution in [0.15, 0.2) is 12.1 Å². The Labute approximate surface area is 110 Å². The fourth-order valence-corrected chi connectivity index (χ4v) is 2.38. The van der Waals surface area contributed by atoms with E-state index in [1.54, 1.807) is 0 Å². The summed E-state index contributed by atoms with van der Waals surface area (Å²) >= 11 is 0. The SMILES string of the molecule is O=C(CCC1CCCNC1)c1ccc(F)c(F)c1F. The minimum Gasteiger partial charge on any atom is -0.316 e. The molecule has 0 aromatic heterocycles. The van der Waals surface area contributed by atoms with Gasteiger partial charge in [0.2, 0.25) is 0 Å². The quantitative estimate of drug-likeness (QED) is 0.673. The van der Waals surface area contributed by atoms with E-state index in [0.717, 1.165) is 38.1 Å². The van der Waals surface area contributed by atoms with Gasteiger partial charge in [-0.3, -0.25) is 4.79 Å². The molecule has 1 aromatic carbocycles. The smallest absolute Gasteiger partial charge is 0.195 e. The van der Waals surface area contributed by atoms with Crippen molar-refractivity contribution in [2.45, 2.75) is 25.7 Å². The Balaban J connectivity index is 1.98. The molecule has 1 saturated heterocycles. The van der Waals surface area contributed by atoms with E-state index in [2.05, 4.69) is 5.32 Å². The van der Waals surface area contributed by atoms with Crippen molar-refractivity contribution in [3.05, 3.63) is 35.1 Å². The molecular weight excluding hydrogens is 255 g/mol. The van der Waals surface area contributed by atoms with E-state index in [1.807, 2.05) is 0 Å². The van der Waals surface area contributed by atoms with Gasteiger partial charge in [0.1, 0.15) is 0 Å². The van der Waals surface area contributed by atoms with Crippen molar-refractivity contribution in [3.63, 3.8) is 0 Å². The Morgan fingerprint density at radius 1 is 1.26 bits per heavy atom. The van der Waals surface area contributed by atoms with Crippen LogP contribution in [0.1, 0.15) is 36.0 Å². The molecule has 2 rings (SSSR count). The molecule has 0 saturated carbocycles. The number of carbonyl (C=O) groups is 1. The Hall–Kier alpha value is -1.36. The summed E-state index contributed by atoms with van der Waals surface area (Å²) in [6.07, 6.45) is 2.91. The van der Waals surface area contributed by atoms with Gasteiger partial charge in [0.15, 0.2) is 23.2 Å². The summed E-state index contributed by atoms with van der Waals surface area (Å²) in [7, 11) is 0. The van der Waals surface area contributed by atoms with Gasteiger partial charge in [-0.05, 0) is 50.4 Å². The number of nitrogens with one attached hydrogen (secondary N) is 1. The van der Waals surface area contributed by atoms with Crippen molar-refractivity contribution >= 4 is 5.78 Å². The van der Waals surface area contributed by atoms with Crippen LogP contribution in [0.5, 0.6) is 0 Å². The second-order valence-electron chi connectivity index (χ2n) is 4.90. The summed E-state index contributed by atoms with van der Waals surface area (Å²) in [4.78, 5) is 11.8. The minimum absolute atomic E-state index is 0.161. The van der Waals surface area contributed by atoms with Crippen LogP contribution in [0.2, 0.25) is 0 Å². The van der Waals surface area contributed by atoms with Gasteiger partial charge in [-0.1, -0.05) is 0 Å². The molecule has 0 bridgehead atoms. The van der Waals surface area contributed by atoms with Gasteiger partial charge in [-0.25, -0.2) is 13.2 Å². The maximum absolute atomic E-state index is 13.4. The van der Waals surface area contributed by atoms with Crippen molar-refractivity contribution in [2.24, 2.45) is 5.92 Å². The van der Waals surface area contributed by atoms with Crippen LogP contribution < -0.4 is 5.32 Å². The summed E-state index contributed by atoms with van der Waals surface area (Å²) in [5, 5.41) is 3.23. The first-order valence-electron chi connectivity index (χ1n) is 6.47. The number of hydrogen-bond acceptors (Lipinski definition) is 2. The first kappa shape index (κ1) is 14.1. The highest BCUT2D eigenvalue weighted by molar-refractivity contribution is 5.96. The highest BCUT2D eigenvalue weighted by Gasteiger charge is 2.20. The van der Waals surface area contributed by atoms with Crippen LogP contribution in [0.4, 0.5) is 13.2 Å². The normalized spacial score (nSPS) is 19.4. The van der Waals surface area contributed by atoms with E-state index < -0.39 is 23.2 Å². The van der Waals surface area contributed by atoms with Gasteiger partial charge in [0, 0.05) is 6.42 Å². The van der Waals surface area contributed by atoms with Gasteiger partial charge < -0.3 is 5.32 Å². The molecule has 1 N–H and O–H groups in total. The van der Waals surface area contributed by atoms with Crippen LogP contribution in [-0.4, -0.2) is 18.9 Å². The average Bonchev–Trinajstić information content (AvgIpc) is 2.43. The Bertz CT molecular complexity index is 470. The van der Waals surface area contributed by atoms with E-state index in [1.165, 1.54) is 0 Å². The molecule has 0 radical (unpaired) electrons. The second kappa shape index (κ2) is 6.19. The Morgan fingerprint density at radius 2 is 2.05 bits per heavy atom. The lowest BCUT2D eigenvalue weighted by Gasteiger charge is -2.22. The monoisotopic (exact) mass is 271 g/mol. The molecule has 1 fully saturated rings. The summed E-state index contributed by atoms with van der Waals surface area (Å²) in [6.45, 7) is 1.84. The summed E-state index contributed by atoms with van der Waals surface area (Å²) < 4.78 is 39.2. The summed E-state index contributed by atoms with van der Waals surface area (Å²) in [5.74, 6) is -4.31. The van der Waals surface area contributed by atoms with Crippen LogP contribution in [-0.2, 0) is 0 Å². The fourth-order valence-electron chi connectivity index (χ4n) is 2.38. The van der Waals surface area contributed by atoms with Crippen molar-refractivity contribution in [2.75, 3.05) is 13.1 Å². The van der Waals surface area contributed by atoms with Gasteiger partial charge in [0.25, 0.3) is 0 Å². The highest BCUT2D eigenvalue weighted by Crippen LogP contribution is 2.20. The number of hydrogen-bond donors (Lipinski definition) is 1. The predicted octanol–water partition coefficient (Wildman–Crippen LogP) is 3.07. The standard InChI is InChI=1S/C14H16F3NO/c15-11-5-4-10(13(16)14(11)17)12(19)6-3-9-2-1-7-18-8-9/h4-5,9,18H,1-3,6-8H2. The molecule has 0 spiro atoms. The second-order valence-corrected chi connectivity index (χ2v) is 4.90. The number of ketones is 1. The first-order chi connectivity index (χ1) is 9.09. The third-order valence-electron chi connectivity index (χ3n) is 3.51. The van der Waals surface area contributed by atoms with Crippen molar-refractivity contribution in [3.8, 4) is 0 Å². The summed E-state index contributed by atoms with van der Waals surface area (Å²) in [6, 6.07) is 1.79. The molecule has 19 heavy (non-hydrogen) atoms. The maximum atomic E-state index is 13.4. The number of benzene rings is 1. The largest absolute Gasteiger partial charge is 0.316 e. The molecular formula is C14H16F3NO. The predicted molar refractivity (Wildman–Crippen MR) is 65.5 cm³/mol. The number of Topliss-reactive ketones (excluding diaryl/α,β-unsaturated/α-hetero) is 1. The number of piperidine rings is 1. The molecule has 104 valence electrons. The van der Waals surface area contributed by atoms with E-state index in [0.29, 0.717) is 12.3 Å². The van der Waals surface area contributed by atoms with Crippen LogP contribution in [0.3, 0.4) is 0 Å². The molecule has 1 aliphatic rings. The third kappa shape index (κ3) is 3.35. The fraction of sp³-hybridized carbons (Fsp3) is 0.500. The van der Waals surface area contributed by atoms with Gasteiger partial charge >= 0.3 is 0 Å².